The molecule has 6 heteroatoms. The quantitative estimate of drug-likeness (QED) is 0.745. The third kappa shape index (κ3) is 8.44. The molecule has 0 bridgehead atoms. The predicted octanol–water partition coefficient (Wildman–Crippen LogP) is 2.69. The summed E-state index contributed by atoms with van der Waals surface area (Å²) >= 11 is 0. The highest BCUT2D eigenvalue weighted by atomic mass is 32.2. The molecule has 1 aliphatic heterocycles. The Morgan fingerprint density at radius 2 is 1.76 bits per heavy atom. The first-order valence-electron chi connectivity index (χ1n) is 7.03. The van der Waals surface area contributed by atoms with E-state index in [1.165, 1.54) is 4.31 Å². The van der Waals surface area contributed by atoms with Gasteiger partial charge < -0.3 is 0 Å². The Labute approximate surface area is 131 Å². The van der Waals surface area contributed by atoms with Crippen molar-refractivity contribution in [2.45, 2.75) is 34.1 Å². The number of nitrogens with zero attached hydrogens (tertiary/aromatic N) is 1. The van der Waals surface area contributed by atoms with Crippen LogP contribution < -0.4 is 0 Å². The van der Waals surface area contributed by atoms with Gasteiger partial charge in [-0.25, -0.2) is 12.7 Å². The van der Waals surface area contributed by atoms with Crippen LogP contribution in [0.1, 0.15) is 34.1 Å². The minimum atomic E-state index is -3.07. The molecule has 0 aromatic rings. The lowest BCUT2D eigenvalue weighted by Gasteiger charge is -2.05. The lowest BCUT2D eigenvalue weighted by Crippen LogP contribution is -2.19. The highest BCUT2D eigenvalue weighted by Gasteiger charge is 2.30. The maximum Gasteiger partial charge on any atom is 0.238 e. The first-order valence-corrected chi connectivity index (χ1v) is 10.7. The highest BCUT2D eigenvalue weighted by Crippen LogP contribution is 2.24. The molecule has 0 spiro atoms. The van der Waals surface area contributed by atoms with Crippen LogP contribution in [0.3, 0.4) is 0 Å². The van der Waals surface area contributed by atoms with E-state index in [1.54, 1.807) is 18.7 Å². The van der Waals surface area contributed by atoms with E-state index in [4.69, 9.17) is 0 Å². The molecule has 0 radical (unpaired) electrons. The van der Waals surface area contributed by atoms with Crippen molar-refractivity contribution in [1.29, 1.82) is 0 Å². The third-order valence-electron chi connectivity index (χ3n) is 2.69. The molecule has 0 aliphatic carbocycles. The van der Waals surface area contributed by atoms with Crippen molar-refractivity contribution in [2.24, 2.45) is 11.8 Å². The van der Waals surface area contributed by atoms with Crippen LogP contribution in [0.25, 0.3) is 0 Å². The normalized spacial score (nSPS) is 23.5. The Kier molecular flexibility index (Phi) is 7.92. The van der Waals surface area contributed by atoms with Gasteiger partial charge in [0.2, 0.25) is 10.0 Å². The molecule has 0 saturated carbocycles. The van der Waals surface area contributed by atoms with Gasteiger partial charge in [0, 0.05) is 19.8 Å². The Hall–Kier alpha value is -0.590. The van der Waals surface area contributed by atoms with E-state index in [1.807, 2.05) is 39.8 Å². The molecule has 1 heterocycles. The highest BCUT2D eigenvalue weighted by molar-refractivity contribution is 8.02. The summed E-state index contributed by atoms with van der Waals surface area (Å²) in [6.07, 6.45) is 6.04. The summed E-state index contributed by atoms with van der Waals surface area (Å²) in [5.41, 5.74) is 0. The van der Waals surface area contributed by atoms with Crippen molar-refractivity contribution < 1.29 is 12.6 Å². The fourth-order valence-corrected chi connectivity index (χ4v) is 3.75. The molecule has 124 valence electrons. The lowest BCUT2D eigenvalue weighted by atomic mass is 10.2. The minimum absolute atomic E-state index is 0.307. The summed E-state index contributed by atoms with van der Waals surface area (Å²) < 4.78 is 35.3. The van der Waals surface area contributed by atoms with Gasteiger partial charge >= 0.3 is 0 Å². The zero-order chi connectivity index (χ0) is 16.8. The third-order valence-corrected chi connectivity index (χ3v) is 5.42. The van der Waals surface area contributed by atoms with E-state index in [9.17, 15) is 12.6 Å². The standard InChI is InChI=1S/C8H15NO2S.C7H14OS/c1-7(2)6-8-4-5-9(3)12(8,10)11;1-7(2)5-6-9(3,4)8/h6-7H,4-5H2,1-3H3;5-7H,3H2,1-2,4H3/b8-6-;6-5+. The van der Waals surface area contributed by atoms with Gasteiger partial charge in [-0.2, -0.15) is 0 Å². The van der Waals surface area contributed by atoms with Crippen LogP contribution in [-0.2, 0) is 19.5 Å². The van der Waals surface area contributed by atoms with Crippen LogP contribution in [0.15, 0.2) is 22.5 Å². The topological polar surface area (TPSA) is 54.5 Å². The lowest BCUT2D eigenvalue weighted by molar-refractivity contribution is 0.507. The molecule has 4 nitrogen and oxygen atoms in total. The molecule has 0 N–H and O–H groups in total. The van der Waals surface area contributed by atoms with E-state index in [2.05, 4.69) is 5.87 Å². The molecule has 0 aromatic carbocycles. The maximum atomic E-state index is 11.5. The van der Waals surface area contributed by atoms with Crippen molar-refractivity contribution in [3.8, 4) is 0 Å². The average molecular weight is 336 g/mol. The van der Waals surface area contributed by atoms with Gasteiger partial charge in [-0.3, -0.25) is 4.21 Å². The summed E-state index contributed by atoms with van der Waals surface area (Å²) in [7, 11) is -3.34. The summed E-state index contributed by atoms with van der Waals surface area (Å²) in [6, 6.07) is 0. The Morgan fingerprint density at radius 3 is 2.00 bits per heavy atom. The predicted molar refractivity (Wildman–Crippen MR) is 94.3 cm³/mol. The van der Waals surface area contributed by atoms with Gasteiger partial charge in [0.15, 0.2) is 0 Å². The molecular formula is C15H29NO3S2. The van der Waals surface area contributed by atoms with Crippen molar-refractivity contribution in [2.75, 3.05) is 19.8 Å². The largest absolute Gasteiger partial charge is 0.264 e. The van der Waals surface area contributed by atoms with Crippen molar-refractivity contribution in [3.05, 3.63) is 22.5 Å². The molecule has 21 heavy (non-hydrogen) atoms. The van der Waals surface area contributed by atoms with Crippen LogP contribution in [0.2, 0.25) is 0 Å². The van der Waals surface area contributed by atoms with Crippen molar-refractivity contribution in [3.63, 3.8) is 0 Å². The van der Waals surface area contributed by atoms with Gasteiger partial charge in [-0.05, 0) is 39.1 Å². The zero-order valence-corrected chi connectivity index (χ0v) is 15.6. The van der Waals surface area contributed by atoms with Gasteiger partial charge in [0.05, 0.1) is 4.91 Å². The van der Waals surface area contributed by atoms with E-state index < -0.39 is 19.5 Å². The molecule has 1 saturated heterocycles. The minimum Gasteiger partial charge on any atom is -0.264 e. The molecule has 0 amide bonds. The Balaban J connectivity index is 0.000000400. The monoisotopic (exact) mass is 335 g/mol. The van der Waals surface area contributed by atoms with Crippen LogP contribution in [0.5, 0.6) is 0 Å². The maximum absolute atomic E-state index is 11.5. The number of rotatable bonds is 3. The first-order chi connectivity index (χ1) is 9.36. The second kappa shape index (κ2) is 8.15. The second-order valence-electron chi connectivity index (χ2n) is 6.10. The van der Waals surface area contributed by atoms with Gasteiger partial charge in [-0.1, -0.05) is 39.8 Å². The summed E-state index contributed by atoms with van der Waals surface area (Å²) in [5, 5.41) is 1.68. The van der Waals surface area contributed by atoms with Crippen LogP contribution in [-0.4, -0.2) is 42.7 Å². The zero-order valence-electron chi connectivity index (χ0n) is 14.0. The molecule has 1 fully saturated rings. The summed E-state index contributed by atoms with van der Waals surface area (Å²) in [6.45, 7) is 8.69. The number of sulfonamides is 1. The van der Waals surface area contributed by atoms with Crippen LogP contribution in [0.4, 0.5) is 0 Å². The molecule has 1 atom stereocenters. The molecule has 1 rings (SSSR count). The second-order valence-corrected chi connectivity index (χ2v) is 10.6. The number of allylic oxidation sites excluding steroid dienone is 2. The van der Waals surface area contributed by atoms with Crippen LogP contribution in [0, 0.1) is 11.8 Å². The van der Waals surface area contributed by atoms with E-state index in [0.29, 0.717) is 29.7 Å². The molecule has 1 unspecified atom stereocenters. The van der Waals surface area contributed by atoms with E-state index in [0.717, 1.165) is 0 Å². The molecule has 0 aromatic heterocycles. The summed E-state index contributed by atoms with van der Waals surface area (Å²) in [4.78, 5) is 0.583. The van der Waals surface area contributed by atoms with Gasteiger partial charge in [0.25, 0.3) is 0 Å². The molecule has 1 aliphatic rings. The van der Waals surface area contributed by atoms with Gasteiger partial charge in [0.1, 0.15) is 0 Å². The van der Waals surface area contributed by atoms with E-state index in [-0.39, 0.29) is 0 Å². The van der Waals surface area contributed by atoms with Crippen molar-refractivity contribution in [1.82, 2.24) is 4.31 Å². The van der Waals surface area contributed by atoms with Crippen LogP contribution >= 0.6 is 0 Å². The van der Waals surface area contributed by atoms with Crippen molar-refractivity contribution >= 4 is 25.4 Å². The fourth-order valence-electron chi connectivity index (χ4n) is 1.58. The Bertz CT molecular complexity index is 582. The average Bonchev–Trinajstić information content (AvgIpc) is 2.53. The number of hydrogen-bond acceptors (Lipinski definition) is 3. The Morgan fingerprint density at radius 1 is 1.24 bits per heavy atom. The van der Waals surface area contributed by atoms with E-state index >= 15 is 0 Å². The van der Waals surface area contributed by atoms with Gasteiger partial charge in [-0.15, -0.1) is 0 Å². The SMILES string of the molecule is C=S(C)(=O)/C=C/C(C)C.CC(C)/C=C1/CCN(C)S1(=O)=O. The first kappa shape index (κ1) is 20.4. The molecular weight excluding hydrogens is 306 g/mol. The fraction of sp³-hybridized carbons (Fsp3) is 0.667. The number of hydrogen-bond donors (Lipinski definition) is 0. The summed E-state index contributed by atoms with van der Waals surface area (Å²) in [5.74, 6) is 4.26. The smallest absolute Gasteiger partial charge is 0.238 e.